The zero-order valence-electron chi connectivity index (χ0n) is 10.1. The first kappa shape index (κ1) is 18.9. The Morgan fingerprint density at radius 1 is 1.35 bits per heavy atom. The van der Waals surface area contributed by atoms with Crippen molar-refractivity contribution in [3.63, 3.8) is 0 Å². The fourth-order valence-electron chi connectivity index (χ4n) is 1.51. The van der Waals surface area contributed by atoms with Gasteiger partial charge < -0.3 is 10.5 Å². The monoisotopic (exact) mass is 277 g/mol. The molecule has 0 bridgehead atoms. The van der Waals surface area contributed by atoms with Gasteiger partial charge in [0, 0.05) is 6.04 Å². The summed E-state index contributed by atoms with van der Waals surface area (Å²) in [4.78, 5) is 11.3. The highest BCUT2D eigenvalue weighted by molar-refractivity contribution is 5.85. The summed E-state index contributed by atoms with van der Waals surface area (Å²) < 4.78 is 40.9. The maximum atomic E-state index is 12.1. The van der Waals surface area contributed by atoms with Crippen LogP contribution in [0.4, 0.5) is 13.2 Å². The van der Waals surface area contributed by atoms with E-state index in [4.69, 9.17) is 5.73 Å². The largest absolute Gasteiger partial charge is 0.469 e. The molecule has 2 N–H and O–H groups in total. The molecule has 0 aliphatic carbocycles. The van der Waals surface area contributed by atoms with Crippen LogP contribution in [0.15, 0.2) is 0 Å². The Kier molecular flexibility index (Phi) is 8.61. The molecule has 0 aliphatic rings. The quantitative estimate of drug-likeness (QED) is 0.786. The van der Waals surface area contributed by atoms with Gasteiger partial charge in [-0.3, -0.25) is 4.79 Å². The number of methoxy groups -OCH3 is 1. The third-order valence-electron chi connectivity index (χ3n) is 2.21. The first-order chi connectivity index (χ1) is 7.17. The van der Waals surface area contributed by atoms with Crippen LogP contribution in [0.2, 0.25) is 0 Å². The van der Waals surface area contributed by atoms with Crippen LogP contribution in [0.1, 0.15) is 26.7 Å². The molecule has 0 aromatic rings. The van der Waals surface area contributed by atoms with E-state index in [0.29, 0.717) is 6.42 Å². The van der Waals surface area contributed by atoms with E-state index >= 15 is 0 Å². The van der Waals surface area contributed by atoms with E-state index in [0.717, 1.165) is 7.11 Å². The molecule has 104 valence electrons. The molecule has 0 saturated heterocycles. The summed E-state index contributed by atoms with van der Waals surface area (Å²) in [6.07, 6.45) is -5.23. The van der Waals surface area contributed by atoms with Gasteiger partial charge >= 0.3 is 12.1 Å². The molecule has 0 saturated carbocycles. The van der Waals surface area contributed by atoms with Crippen LogP contribution in [-0.4, -0.2) is 25.3 Å². The van der Waals surface area contributed by atoms with Gasteiger partial charge in [0.05, 0.1) is 19.4 Å². The molecule has 7 heteroatoms. The summed E-state index contributed by atoms with van der Waals surface area (Å²) in [7, 11) is 1.15. The van der Waals surface area contributed by atoms with Gasteiger partial charge in [0.25, 0.3) is 0 Å². The lowest BCUT2D eigenvalue weighted by molar-refractivity contribution is -0.154. The Labute approximate surface area is 105 Å². The highest BCUT2D eigenvalue weighted by Gasteiger charge is 2.37. The molecule has 0 spiro atoms. The zero-order chi connectivity index (χ0) is 12.9. The van der Waals surface area contributed by atoms with Crippen molar-refractivity contribution in [1.82, 2.24) is 0 Å². The molecule has 2 unspecified atom stereocenters. The van der Waals surface area contributed by atoms with Gasteiger partial charge in [-0.1, -0.05) is 13.8 Å². The summed E-state index contributed by atoms with van der Waals surface area (Å²) in [5.74, 6) is -1.49. The van der Waals surface area contributed by atoms with Gasteiger partial charge in [-0.15, -0.1) is 12.4 Å². The van der Waals surface area contributed by atoms with Crippen LogP contribution in [-0.2, 0) is 9.53 Å². The zero-order valence-corrected chi connectivity index (χ0v) is 10.9. The lowest BCUT2D eigenvalue weighted by atomic mass is 9.89. The van der Waals surface area contributed by atoms with Gasteiger partial charge in [0.1, 0.15) is 0 Å². The van der Waals surface area contributed by atoms with Crippen molar-refractivity contribution in [2.45, 2.75) is 38.9 Å². The normalized spacial score (nSPS) is 15.1. The average Bonchev–Trinajstić information content (AvgIpc) is 2.09. The first-order valence-corrected chi connectivity index (χ1v) is 5.07. The van der Waals surface area contributed by atoms with E-state index in [-0.39, 0.29) is 18.3 Å². The Morgan fingerprint density at radius 3 is 2.12 bits per heavy atom. The number of rotatable bonds is 5. The molecule has 0 amide bonds. The Morgan fingerprint density at radius 2 is 1.82 bits per heavy atom. The lowest BCUT2D eigenvalue weighted by Crippen LogP contribution is -2.40. The third-order valence-corrected chi connectivity index (χ3v) is 2.21. The fourth-order valence-corrected chi connectivity index (χ4v) is 1.51. The maximum Gasteiger partial charge on any atom is 0.390 e. The Hall–Kier alpha value is -0.490. The standard InChI is InChI=1S/C10H18F3NO2.ClH/c1-6(2)4-7(9(15)16-3)8(14)5-10(11,12)13;/h6-8H,4-5,14H2,1-3H3;1H. The highest BCUT2D eigenvalue weighted by atomic mass is 35.5. The van der Waals surface area contributed by atoms with Crippen LogP contribution in [0.25, 0.3) is 0 Å². The summed E-state index contributed by atoms with van der Waals surface area (Å²) in [6.45, 7) is 3.63. The molecule has 0 radical (unpaired) electrons. The molecule has 0 aliphatic heterocycles. The van der Waals surface area contributed by atoms with E-state index in [1.54, 1.807) is 0 Å². The number of carbonyl (C=O) groups excluding carboxylic acids is 1. The summed E-state index contributed by atoms with van der Waals surface area (Å²) in [5.41, 5.74) is 5.41. The molecular formula is C10H19ClF3NO2. The molecule has 0 fully saturated rings. The maximum absolute atomic E-state index is 12.1. The minimum absolute atomic E-state index is 0. The van der Waals surface area contributed by atoms with E-state index in [1.807, 2.05) is 13.8 Å². The van der Waals surface area contributed by atoms with Crippen molar-refractivity contribution >= 4 is 18.4 Å². The van der Waals surface area contributed by atoms with Crippen molar-refractivity contribution in [3.8, 4) is 0 Å². The third kappa shape index (κ3) is 8.26. The van der Waals surface area contributed by atoms with Crippen molar-refractivity contribution in [2.24, 2.45) is 17.6 Å². The van der Waals surface area contributed by atoms with Crippen LogP contribution in [0.3, 0.4) is 0 Å². The molecule has 2 atom stereocenters. The van der Waals surface area contributed by atoms with Gasteiger partial charge in [-0.25, -0.2) is 0 Å². The van der Waals surface area contributed by atoms with E-state index in [1.165, 1.54) is 0 Å². The number of nitrogens with two attached hydrogens (primary N) is 1. The second-order valence-corrected chi connectivity index (χ2v) is 4.24. The highest BCUT2D eigenvalue weighted by Crippen LogP contribution is 2.26. The number of ether oxygens (including phenoxy) is 1. The van der Waals surface area contributed by atoms with Crippen molar-refractivity contribution in [1.29, 1.82) is 0 Å². The minimum atomic E-state index is -4.36. The van der Waals surface area contributed by atoms with E-state index in [2.05, 4.69) is 4.74 Å². The molecule has 3 nitrogen and oxygen atoms in total. The van der Waals surface area contributed by atoms with Gasteiger partial charge in [0.2, 0.25) is 0 Å². The van der Waals surface area contributed by atoms with Crippen molar-refractivity contribution in [3.05, 3.63) is 0 Å². The SMILES string of the molecule is COC(=O)C(CC(C)C)C(N)CC(F)(F)F.Cl. The van der Waals surface area contributed by atoms with Crippen molar-refractivity contribution in [2.75, 3.05) is 7.11 Å². The van der Waals surface area contributed by atoms with Crippen LogP contribution < -0.4 is 5.73 Å². The minimum Gasteiger partial charge on any atom is -0.469 e. The Bertz CT molecular complexity index is 234. The topological polar surface area (TPSA) is 52.3 Å². The predicted molar refractivity (Wildman–Crippen MR) is 60.9 cm³/mol. The second kappa shape index (κ2) is 7.76. The lowest BCUT2D eigenvalue weighted by Gasteiger charge is -2.24. The van der Waals surface area contributed by atoms with Crippen molar-refractivity contribution < 1.29 is 22.7 Å². The number of alkyl halides is 3. The van der Waals surface area contributed by atoms with E-state index < -0.39 is 30.5 Å². The van der Waals surface area contributed by atoms with Gasteiger partial charge in [0.15, 0.2) is 0 Å². The van der Waals surface area contributed by atoms with Crippen LogP contribution >= 0.6 is 12.4 Å². The predicted octanol–water partition coefficient (Wildman–Crippen LogP) is 2.52. The van der Waals surface area contributed by atoms with Crippen LogP contribution in [0, 0.1) is 11.8 Å². The number of esters is 1. The Balaban J connectivity index is 0. The number of halogens is 4. The number of carbonyl (C=O) groups is 1. The fraction of sp³-hybridized carbons (Fsp3) is 0.900. The molecule has 0 aromatic heterocycles. The number of hydrogen-bond acceptors (Lipinski definition) is 3. The van der Waals surface area contributed by atoms with Crippen LogP contribution in [0.5, 0.6) is 0 Å². The van der Waals surface area contributed by atoms with Gasteiger partial charge in [-0.05, 0) is 12.3 Å². The van der Waals surface area contributed by atoms with E-state index in [9.17, 15) is 18.0 Å². The molecule has 0 rings (SSSR count). The first-order valence-electron chi connectivity index (χ1n) is 5.07. The molecule has 0 heterocycles. The number of hydrogen-bond donors (Lipinski definition) is 1. The second-order valence-electron chi connectivity index (χ2n) is 4.24. The molecule has 0 aromatic carbocycles. The summed E-state index contributed by atoms with van der Waals surface area (Å²) >= 11 is 0. The van der Waals surface area contributed by atoms with Gasteiger partial charge in [-0.2, -0.15) is 13.2 Å². The summed E-state index contributed by atoms with van der Waals surface area (Å²) in [6, 6.07) is -1.24. The molecular weight excluding hydrogens is 259 g/mol. The molecule has 17 heavy (non-hydrogen) atoms. The average molecular weight is 278 g/mol. The summed E-state index contributed by atoms with van der Waals surface area (Å²) in [5, 5.41) is 0. The smallest absolute Gasteiger partial charge is 0.390 e.